The lowest BCUT2D eigenvalue weighted by molar-refractivity contribution is -0.124. The zero-order valence-electron chi connectivity index (χ0n) is 22.5. The highest BCUT2D eigenvalue weighted by molar-refractivity contribution is 6.00. The van der Waals surface area contributed by atoms with E-state index in [2.05, 4.69) is 48.6 Å². The van der Waals surface area contributed by atoms with Gasteiger partial charge in [0.2, 0.25) is 5.91 Å². The molecular weight excluding hydrogens is 472 g/mol. The Hall–Kier alpha value is -4.16. The summed E-state index contributed by atoms with van der Waals surface area (Å²) in [6, 6.07) is 24.4. The van der Waals surface area contributed by atoms with Gasteiger partial charge in [0.15, 0.2) is 0 Å². The molecule has 6 nitrogen and oxygen atoms in total. The molecule has 0 fully saturated rings. The lowest BCUT2D eigenvalue weighted by atomic mass is 9.87. The minimum atomic E-state index is 0.00516. The van der Waals surface area contributed by atoms with Gasteiger partial charge in [0, 0.05) is 50.2 Å². The molecule has 198 valence electrons. The first-order valence-electron chi connectivity index (χ1n) is 13.0. The van der Waals surface area contributed by atoms with Crippen LogP contribution < -0.4 is 15.8 Å². The number of nitrogens with zero attached hydrogens (tertiary/aromatic N) is 1. The van der Waals surface area contributed by atoms with E-state index in [1.54, 1.807) is 18.0 Å². The zero-order valence-corrected chi connectivity index (χ0v) is 22.5. The number of rotatable bonds is 13. The molecule has 3 rings (SSSR count). The Balaban J connectivity index is 1.74. The molecule has 38 heavy (non-hydrogen) atoms. The molecule has 0 aliphatic heterocycles. The third-order valence-corrected chi connectivity index (χ3v) is 6.37. The van der Waals surface area contributed by atoms with Gasteiger partial charge in [-0.3, -0.25) is 4.79 Å². The van der Waals surface area contributed by atoms with Crippen LogP contribution in [0.3, 0.4) is 0 Å². The minimum absolute atomic E-state index is 0.00516. The van der Waals surface area contributed by atoms with E-state index in [9.17, 15) is 4.79 Å². The van der Waals surface area contributed by atoms with E-state index < -0.39 is 0 Å². The number of ether oxygens (including phenoxy) is 1. The number of hydrogen-bond acceptors (Lipinski definition) is 5. The molecule has 3 aromatic rings. The van der Waals surface area contributed by atoms with Gasteiger partial charge in [0.1, 0.15) is 12.4 Å². The van der Waals surface area contributed by atoms with Crippen LogP contribution in [0, 0.1) is 5.41 Å². The number of carbonyl (C=O) groups excluding carboxylic acids is 1. The van der Waals surface area contributed by atoms with Crippen molar-refractivity contribution in [2.75, 3.05) is 39.0 Å². The van der Waals surface area contributed by atoms with Crippen LogP contribution in [0.4, 0.5) is 5.69 Å². The van der Waals surface area contributed by atoms with Gasteiger partial charge in [-0.05, 0) is 65.4 Å². The fraction of sp³-hybridized carbons (Fsp3) is 0.250. The standard InChI is InChI=1S/C32H38N4O2/c1-4-29(24-10-7-6-8-11-24)32(26-15-18-30(34)27(22-26)23-33)25-13-16-28(17-14-25)38-21-20-35-19-9-12-31(37)36(3)5-2/h6-18,22-23,33,35H,4-5,19-21,34H2,1-3H3/b12-9+,32-29+,33-23?. The average Bonchev–Trinajstić information content (AvgIpc) is 2.96. The molecule has 0 unspecified atom stereocenters. The first kappa shape index (κ1) is 28.4. The summed E-state index contributed by atoms with van der Waals surface area (Å²) in [5.74, 6) is 0.797. The van der Waals surface area contributed by atoms with E-state index in [0.29, 0.717) is 37.5 Å². The van der Waals surface area contributed by atoms with Gasteiger partial charge in [-0.15, -0.1) is 0 Å². The van der Waals surface area contributed by atoms with Crippen LogP contribution in [0.5, 0.6) is 5.75 Å². The molecule has 0 aliphatic rings. The SMILES string of the molecule is CC/C(=C(/c1ccc(OCCNC/C=C/C(=O)N(C)CC)cc1)c1ccc(N)c(C=N)c1)c1ccccc1. The molecule has 6 heteroatoms. The van der Waals surface area contributed by atoms with Crippen LogP contribution in [0.25, 0.3) is 11.1 Å². The largest absolute Gasteiger partial charge is 0.492 e. The zero-order chi connectivity index (χ0) is 27.3. The van der Waals surface area contributed by atoms with E-state index >= 15 is 0 Å². The number of anilines is 1. The summed E-state index contributed by atoms with van der Waals surface area (Å²) in [7, 11) is 1.78. The monoisotopic (exact) mass is 510 g/mol. The predicted molar refractivity (Wildman–Crippen MR) is 159 cm³/mol. The quantitative estimate of drug-likeness (QED) is 0.0913. The Morgan fingerprint density at radius 3 is 2.37 bits per heavy atom. The summed E-state index contributed by atoms with van der Waals surface area (Å²) in [6.07, 6.45) is 5.57. The number of allylic oxidation sites excluding steroid dienone is 1. The predicted octanol–water partition coefficient (Wildman–Crippen LogP) is 5.64. The Kier molecular flexibility index (Phi) is 10.9. The van der Waals surface area contributed by atoms with Gasteiger partial charge < -0.3 is 26.1 Å². The molecule has 4 N–H and O–H groups in total. The van der Waals surface area contributed by atoms with Crippen molar-refractivity contribution in [3.8, 4) is 5.75 Å². The van der Waals surface area contributed by atoms with E-state index in [1.807, 2.05) is 49.4 Å². The van der Waals surface area contributed by atoms with Gasteiger partial charge in [0.25, 0.3) is 0 Å². The molecule has 0 radical (unpaired) electrons. The fourth-order valence-electron chi connectivity index (χ4n) is 4.12. The number of nitrogen functional groups attached to an aromatic ring is 1. The highest BCUT2D eigenvalue weighted by Crippen LogP contribution is 2.35. The molecule has 1 amide bonds. The maximum atomic E-state index is 11.8. The van der Waals surface area contributed by atoms with Crippen molar-refractivity contribution in [2.45, 2.75) is 20.3 Å². The molecule has 0 saturated carbocycles. The van der Waals surface area contributed by atoms with Crippen LogP contribution in [0.15, 0.2) is 84.9 Å². The second kappa shape index (κ2) is 14.5. The molecular formula is C32H38N4O2. The number of amides is 1. The topological polar surface area (TPSA) is 91.4 Å². The Bertz CT molecular complexity index is 1260. The maximum Gasteiger partial charge on any atom is 0.246 e. The summed E-state index contributed by atoms with van der Waals surface area (Å²) in [6.45, 7) is 6.60. The maximum absolute atomic E-state index is 11.8. The second-order valence-corrected chi connectivity index (χ2v) is 8.89. The van der Waals surface area contributed by atoms with Crippen molar-refractivity contribution in [1.82, 2.24) is 10.2 Å². The summed E-state index contributed by atoms with van der Waals surface area (Å²) in [5.41, 5.74) is 13.0. The molecule has 0 atom stereocenters. The van der Waals surface area contributed by atoms with Gasteiger partial charge in [-0.2, -0.15) is 0 Å². The summed E-state index contributed by atoms with van der Waals surface area (Å²) in [5, 5.41) is 11.0. The van der Waals surface area contributed by atoms with Crippen LogP contribution >= 0.6 is 0 Å². The number of nitrogens with one attached hydrogen (secondary N) is 2. The van der Waals surface area contributed by atoms with Crippen molar-refractivity contribution in [3.05, 3.63) is 107 Å². The van der Waals surface area contributed by atoms with Crippen LogP contribution in [0.2, 0.25) is 0 Å². The van der Waals surface area contributed by atoms with Crippen LogP contribution in [0.1, 0.15) is 42.5 Å². The van der Waals surface area contributed by atoms with Crippen molar-refractivity contribution < 1.29 is 9.53 Å². The molecule has 0 spiro atoms. The highest BCUT2D eigenvalue weighted by atomic mass is 16.5. The molecule has 0 heterocycles. The van der Waals surface area contributed by atoms with Crippen molar-refractivity contribution in [1.29, 1.82) is 5.41 Å². The molecule has 3 aromatic carbocycles. The lowest BCUT2D eigenvalue weighted by Crippen LogP contribution is -2.25. The van der Waals surface area contributed by atoms with Crippen molar-refractivity contribution >= 4 is 29.0 Å². The summed E-state index contributed by atoms with van der Waals surface area (Å²) >= 11 is 0. The van der Waals surface area contributed by atoms with Crippen LogP contribution in [-0.4, -0.2) is 50.3 Å². The smallest absolute Gasteiger partial charge is 0.246 e. The van der Waals surface area contributed by atoms with E-state index in [-0.39, 0.29) is 5.91 Å². The highest BCUT2D eigenvalue weighted by Gasteiger charge is 2.14. The molecule has 0 bridgehead atoms. The molecule has 0 aliphatic carbocycles. The number of likely N-dealkylation sites (N-methyl/N-ethyl adjacent to an activating group) is 1. The van der Waals surface area contributed by atoms with Gasteiger partial charge in [0.05, 0.1) is 0 Å². The number of nitrogens with two attached hydrogens (primary N) is 1. The number of benzene rings is 3. The van der Waals surface area contributed by atoms with Crippen molar-refractivity contribution in [3.63, 3.8) is 0 Å². The minimum Gasteiger partial charge on any atom is -0.492 e. The molecule has 0 saturated heterocycles. The number of carbonyl (C=O) groups is 1. The van der Waals surface area contributed by atoms with E-state index in [4.69, 9.17) is 15.9 Å². The Morgan fingerprint density at radius 2 is 1.71 bits per heavy atom. The molecule has 0 aromatic heterocycles. The fourth-order valence-corrected chi connectivity index (χ4v) is 4.12. The third-order valence-electron chi connectivity index (χ3n) is 6.37. The average molecular weight is 511 g/mol. The van der Waals surface area contributed by atoms with E-state index in [1.165, 1.54) is 17.4 Å². The second-order valence-electron chi connectivity index (χ2n) is 8.89. The van der Waals surface area contributed by atoms with Gasteiger partial charge in [-0.25, -0.2) is 0 Å². The Morgan fingerprint density at radius 1 is 1.00 bits per heavy atom. The van der Waals surface area contributed by atoms with Gasteiger partial charge in [-0.1, -0.05) is 61.5 Å². The first-order chi connectivity index (χ1) is 18.5. The normalized spacial score (nSPS) is 11.8. The first-order valence-corrected chi connectivity index (χ1v) is 13.0. The van der Waals surface area contributed by atoms with E-state index in [0.717, 1.165) is 28.9 Å². The van der Waals surface area contributed by atoms with Crippen molar-refractivity contribution in [2.24, 2.45) is 0 Å². The summed E-state index contributed by atoms with van der Waals surface area (Å²) in [4.78, 5) is 13.4. The Labute approximate surface area is 226 Å². The number of hydrogen-bond donors (Lipinski definition) is 3. The van der Waals surface area contributed by atoms with Crippen LogP contribution in [-0.2, 0) is 4.79 Å². The van der Waals surface area contributed by atoms with Gasteiger partial charge >= 0.3 is 0 Å². The lowest BCUT2D eigenvalue weighted by Gasteiger charge is -2.18. The summed E-state index contributed by atoms with van der Waals surface area (Å²) < 4.78 is 5.93. The third kappa shape index (κ3) is 7.67.